The average molecular weight is 297 g/mol. The molecule has 0 bridgehead atoms. The molecule has 3 nitrogen and oxygen atoms in total. The number of aryl methyl sites for hydroxylation is 1. The van der Waals surface area contributed by atoms with Crippen molar-refractivity contribution >= 4 is 18.3 Å². The van der Waals surface area contributed by atoms with Gasteiger partial charge in [0.1, 0.15) is 0 Å². The monoisotopic (exact) mass is 296 g/mol. The molecule has 1 aromatic carbocycles. The van der Waals surface area contributed by atoms with Crippen molar-refractivity contribution < 1.29 is 4.79 Å². The summed E-state index contributed by atoms with van der Waals surface area (Å²) < 4.78 is 0. The summed E-state index contributed by atoms with van der Waals surface area (Å²) in [7, 11) is 1.91. The lowest BCUT2D eigenvalue weighted by Crippen LogP contribution is -2.33. The third-order valence-electron chi connectivity index (χ3n) is 3.89. The summed E-state index contributed by atoms with van der Waals surface area (Å²) in [4.78, 5) is 14.0. The molecule has 0 radical (unpaired) electrons. The molecular weight excluding hydrogens is 272 g/mol. The number of amides is 1. The Hall–Kier alpha value is -1.06. The highest BCUT2D eigenvalue weighted by atomic mass is 35.5. The van der Waals surface area contributed by atoms with E-state index in [2.05, 4.69) is 36.5 Å². The van der Waals surface area contributed by atoms with Crippen molar-refractivity contribution in [2.24, 2.45) is 5.92 Å². The van der Waals surface area contributed by atoms with Crippen molar-refractivity contribution in [3.8, 4) is 0 Å². The van der Waals surface area contributed by atoms with Gasteiger partial charge in [-0.1, -0.05) is 29.8 Å². The Morgan fingerprint density at radius 2 is 1.85 bits per heavy atom. The number of hydrogen-bond acceptors (Lipinski definition) is 2. The zero-order chi connectivity index (χ0) is 13.7. The van der Waals surface area contributed by atoms with Gasteiger partial charge in [0.2, 0.25) is 5.91 Å². The molecule has 1 amide bonds. The summed E-state index contributed by atoms with van der Waals surface area (Å²) in [5, 5.41) is 3.34. The van der Waals surface area contributed by atoms with Gasteiger partial charge in [-0.15, -0.1) is 12.4 Å². The zero-order valence-corrected chi connectivity index (χ0v) is 13.2. The van der Waals surface area contributed by atoms with E-state index in [0.717, 1.165) is 25.9 Å². The van der Waals surface area contributed by atoms with Crippen LogP contribution >= 0.6 is 12.4 Å². The molecule has 1 heterocycles. The molecule has 0 aliphatic carbocycles. The molecular formula is C16H25ClN2O. The van der Waals surface area contributed by atoms with Gasteiger partial charge in [-0.3, -0.25) is 4.79 Å². The van der Waals surface area contributed by atoms with E-state index in [0.29, 0.717) is 18.9 Å². The zero-order valence-electron chi connectivity index (χ0n) is 12.4. The summed E-state index contributed by atoms with van der Waals surface area (Å²) >= 11 is 0. The Bertz CT molecular complexity index is 413. The second-order valence-corrected chi connectivity index (χ2v) is 5.63. The van der Waals surface area contributed by atoms with E-state index in [-0.39, 0.29) is 18.3 Å². The van der Waals surface area contributed by atoms with Gasteiger partial charge >= 0.3 is 0 Å². The van der Waals surface area contributed by atoms with E-state index in [1.807, 2.05) is 11.9 Å². The first-order valence-electron chi connectivity index (χ1n) is 7.15. The average Bonchev–Trinajstić information content (AvgIpc) is 2.42. The van der Waals surface area contributed by atoms with Gasteiger partial charge in [-0.2, -0.15) is 0 Å². The van der Waals surface area contributed by atoms with Gasteiger partial charge in [0.05, 0.1) is 0 Å². The van der Waals surface area contributed by atoms with Crippen molar-refractivity contribution in [1.29, 1.82) is 0 Å². The van der Waals surface area contributed by atoms with E-state index in [1.165, 1.54) is 11.1 Å². The summed E-state index contributed by atoms with van der Waals surface area (Å²) in [6.45, 7) is 4.90. The Labute approximate surface area is 128 Å². The Balaban J connectivity index is 0.00000200. The molecule has 1 saturated heterocycles. The van der Waals surface area contributed by atoms with Gasteiger partial charge in [-0.25, -0.2) is 0 Å². The molecule has 1 aliphatic heterocycles. The molecule has 0 atom stereocenters. The SMILES string of the molecule is Cc1ccc(CN(C)C(=O)CC2CCNCC2)cc1.Cl. The maximum Gasteiger partial charge on any atom is 0.222 e. The first-order valence-corrected chi connectivity index (χ1v) is 7.15. The van der Waals surface area contributed by atoms with Crippen molar-refractivity contribution in [3.63, 3.8) is 0 Å². The number of piperidine rings is 1. The molecule has 4 heteroatoms. The molecule has 0 spiro atoms. The smallest absolute Gasteiger partial charge is 0.222 e. The van der Waals surface area contributed by atoms with Crippen LogP contribution < -0.4 is 5.32 Å². The van der Waals surface area contributed by atoms with Gasteiger partial charge in [0, 0.05) is 20.0 Å². The normalized spacial score (nSPS) is 15.5. The fourth-order valence-corrected chi connectivity index (χ4v) is 2.54. The van der Waals surface area contributed by atoms with E-state index in [9.17, 15) is 4.79 Å². The van der Waals surface area contributed by atoms with Gasteiger partial charge in [0.25, 0.3) is 0 Å². The molecule has 20 heavy (non-hydrogen) atoms. The van der Waals surface area contributed by atoms with Crippen LogP contribution in [0.4, 0.5) is 0 Å². The van der Waals surface area contributed by atoms with Crippen LogP contribution in [0.2, 0.25) is 0 Å². The lowest BCUT2D eigenvalue weighted by molar-refractivity contribution is -0.131. The third kappa shape index (κ3) is 5.14. The van der Waals surface area contributed by atoms with Crippen LogP contribution in [0, 0.1) is 12.8 Å². The van der Waals surface area contributed by atoms with Crippen LogP contribution in [0.25, 0.3) is 0 Å². The number of rotatable bonds is 4. The van der Waals surface area contributed by atoms with Crippen LogP contribution in [-0.2, 0) is 11.3 Å². The largest absolute Gasteiger partial charge is 0.341 e. The maximum atomic E-state index is 12.2. The predicted octanol–water partition coefficient (Wildman–Crippen LogP) is 2.76. The third-order valence-corrected chi connectivity index (χ3v) is 3.89. The van der Waals surface area contributed by atoms with Crippen molar-refractivity contribution in [2.75, 3.05) is 20.1 Å². The lowest BCUT2D eigenvalue weighted by Gasteiger charge is -2.25. The minimum absolute atomic E-state index is 0. The highest BCUT2D eigenvalue weighted by molar-refractivity contribution is 5.85. The molecule has 0 aromatic heterocycles. The molecule has 0 unspecified atom stereocenters. The topological polar surface area (TPSA) is 32.3 Å². The Morgan fingerprint density at radius 1 is 1.25 bits per heavy atom. The van der Waals surface area contributed by atoms with E-state index in [1.54, 1.807) is 0 Å². The number of hydrogen-bond donors (Lipinski definition) is 1. The van der Waals surface area contributed by atoms with Crippen LogP contribution in [0.1, 0.15) is 30.4 Å². The van der Waals surface area contributed by atoms with Crippen LogP contribution in [0.3, 0.4) is 0 Å². The second kappa shape index (κ2) is 8.28. The Kier molecular flexibility index (Phi) is 7.03. The van der Waals surface area contributed by atoms with E-state index < -0.39 is 0 Å². The highest BCUT2D eigenvalue weighted by Crippen LogP contribution is 2.17. The van der Waals surface area contributed by atoms with Crippen molar-refractivity contribution in [2.45, 2.75) is 32.7 Å². The molecule has 1 aromatic rings. The molecule has 0 saturated carbocycles. The van der Waals surface area contributed by atoms with Crippen LogP contribution in [0.5, 0.6) is 0 Å². The summed E-state index contributed by atoms with van der Waals surface area (Å²) in [5.74, 6) is 0.835. The number of benzene rings is 1. The number of nitrogens with zero attached hydrogens (tertiary/aromatic N) is 1. The molecule has 2 rings (SSSR count). The predicted molar refractivity (Wildman–Crippen MR) is 85.1 cm³/mol. The fourth-order valence-electron chi connectivity index (χ4n) is 2.54. The summed E-state index contributed by atoms with van der Waals surface area (Å²) in [5.41, 5.74) is 2.46. The number of nitrogens with one attached hydrogen (secondary N) is 1. The summed E-state index contributed by atoms with van der Waals surface area (Å²) in [6.07, 6.45) is 2.96. The van der Waals surface area contributed by atoms with E-state index >= 15 is 0 Å². The molecule has 1 aliphatic rings. The first kappa shape index (κ1) is 17.0. The second-order valence-electron chi connectivity index (χ2n) is 5.63. The van der Waals surface area contributed by atoms with Crippen molar-refractivity contribution in [1.82, 2.24) is 10.2 Å². The Morgan fingerprint density at radius 3 is 2.45 bits per heavy atom. The molecule has 1 N–H and O–H groups in total. The summed E-state index contributed by atoms with van der Waals surface area (Å²) in [6, 6.07) is 8.40. The quantitative estimate of drug-likeness (QED) is 0.926. The van der Waals surface area contributed by atoms with Gasteiger partial charge < -0.3 is 10.2 Å². The lowest BCUT2D eigenvalue weighted by atomic mass is 9.94. The molecule has 1 fully saturated rings. The van der Waals surface area contributed by atoms with Crippen molar-refractivity contribution in [3.05, 3.63) is 35.4 Å². The van der Waals surface area contributed by atoms with Gasteiger partial charge in [-0.05, 0) is 44.3 Å². The van der Waals surface area contributed by atoms with Crippen LogP contribution in [0.15, 0.2) is 24.3 Å². The minimum atomic E-state index is 0. The number of carbonyl (C=O) groups excluding carboxylic acids is 1. The molecule has 112 valence electrons. The number of halogens is 1. The standard InChI is InChI=1S/C16H24N2O.ClH/c1-13-3-5-15(6-4-13)12-18(2)16(19)11-14-7-9-17-10-8-14;/h3-6,14,17H,7-12H2,1-2H3;1H. The fraction of sp³-hybridized carbons (Fsp3) is 0.562. The maximum absolute atomic E-state index is 12.2. The van der Waals surface area contributed by atoms with Gasteiger partial charge in [0.15, 0.2) is 0 Å². The number of carbonyl (C=O) groups is 1. The van der Waals surface area contributed by atoms with Crippen LogP contribution in [-0.4, -0.2) is 30.9 Å². The minimum Gasteiger partial charge on any atom is -0.341 e. The first-order chi connectivity index (χ1) is 9.15. The highest BCUT2D eigenvalue weighted by Gasteiger charge is 2.19. The van der Waals surface area contributed by atoms with E-state index in [4.69, 9.17) is 0 Å².